The number of allylic oxidation sites excluding steroid dienone is 2. The van der Waals surface area contributed by atoms with Crippen molar-refractivity contribution in [3.05, 3.63) is 54.3 Å². The van der Waals surface area contributed by atoms with Crippen LogP contribution in [0.3, 0.4) is 0 Å². The second kappa shape index (κ2) is 10.1. The monoisotopic (exact) mass is 431 g/mol. The minimum atomic E-state index is -1.61. The fraction of sp³-hybridized carbons (Fsp3) is 0.381. The molecule has 0 spiro atoms. The van der Waals surface area contributed by atoms with Gasteiger partial charge in [0.15, 0.2) is 5.82 Å². The lowest BCUT2D eigenvalue weighted by atomic mass is 10.0. The Labute approximate surface area is 181 Å². The Morgan fingerprint density at radius 3 is 2.68 bits per heavy atom. The number of amides is 1. The summed E-state index contributed by atoms with van der Waals surface area (Å²) in [6.45, 7) is 6.22. The van der Waals surface area contributed by atoms with Gasteiger partial charge in [-0.15, -0.1) is 0 Å². The number of hydrogen-bond donors (Lipinski definition) is 5. The van der Waals surface area contributed by atoms with Crippen LogP contribution in [0.4, 0.5) is 10.1 Å². The van der Waals surface area contributed by atoms with E-state index in [1.807, 2.05) is 13.8 Å². The predicted octanol–water partition coefficient (Wildman–Crippen LogP) is 1.70. The van der Waals surface area contributed by atoms with Crippen LogP contribution in [0.15, 0.2) is 43.0 Å². The SMILES string of the molecule is CC(C)Nc1cc(-n2ccc(C(/C=C\N)=C/N)n2)ncc1C(=O)NCC(F)C(C)(C)O. The van der Waals surface area contributed by atoms with Crippen molar-refractivity contribution in [2.45, 2.75) is 45.5 Å². The number of nitrogens with two attached hydrogens (primary N) is 2. The molecule has 2 heterocycles. The minimum Gasteiger partial charge on any atom is -0.405 e. The summed E-state index contributed by atoms with van der Waals surface area (Å²) in [7, 11) is 0. The topological polar surface area (TPSA) is 144 Å². The summed E-state index contributed by atoms with van der Waals surface area (Å²) in [5, 5.41) is 19.9. The Kier molecular flexibility index (Phi) is 7.76. The van der Waals surface area contributed by atoms with Crippen molar-refractivity contribution >= 4 is 17.2 Å². The number of hydrogen-bond acceptors (Lipinski definition) is 7. The van der Waals surface area contributed by atoms with E-state index in [0.717, 1.165) is 0 Å². The van der Waals surface area contributed by atoms with Gasteiger partial charge in [-0.05, 0) is 46.0 Å². The Morgan fingerprint density at radius 1 is 1.39 bits per heavy atom. The molecule has 0 radical (unpaired) electrons. The molecule has 0 aliphatic rings. The number of halogens is 1. The molecule has 0 saturated heterocycles. The number of nitrogens with one attached hydrogen (secondary N) is 2. The lowest BCUT2D eigenvalue weighted by Crippen LogP contribution is -2.42. The maximum atomic E-state index is 14.0. The summed E-state index contributed by atoms with van der Waals surface area (Å²) < 4.78 is 15.5. The molecule has 31 heavy (non-hydrogen) atoms. The van der Waals surface area contributed by atoms with Crippen molar-refractivity contribution < 1.29 is 14.3 Å². The molecular formula is C21H30FN7O2. The summed E-state index contributed by atoms with van der Waals surface area (Å²) in [5.41, 5.74) is 11.5. The third-order valence-electron chi connectivity index (χ3n) is 4.36. The van der Waals surface area contributed by atoms with Crippen molar-refractivity contribution in [2.24, 2.45) is 11.5 Å². The van der Waals surface area contributed by atoms with E-state index in [1.54, 1.807) is 29.1 Å². The van der Waals surface area contributed by atoms with Crippen molar-refractivity contribution in [3.63, 3.8) is 0 Å². The van der Waals surface area contributed by atoms with E-state index in [0.29, 0.717) is 22.8 Å². The zero-order chi connectivity index (χ0) is 23.2. The van der Waals surface area contributed by atoms with E-state index in [4.69, 9.17) is 11.5 Å². The molecule has 9 nitrogen and oxygen atoms in total. The second-order valence-electron chi connectivity index (χ2n) is 7.85. The number of nitrogens with zero attached hydrogens (tertiary/aromatic N) is 3. The van der Waals surface area contributed by atoms with Crippen LogP contribution >= 0.6 is 0 Å². The van der Waals surface area contributed by atoms with Gasteiger partial charge in [-0.3, -0.25) is 4.79 Å². The summed E-state index contributed by atoms with van der Waals surface area (Å²) >= 11 is 0. The number of carbonyl (C=O) groups excluding carboxylic acids is 1. The molecule has 168 valence electrons. The Hall–Kier alpha value is -3.40. The molecule has 0 aliphatic heterocycles. The lowest BCUT2D eigenvalue weighted by Gasteiger charge is -2.23. The van der Waals surface area contributed by atoms with Crippen LogP contribution in [-0.4, -0.2) is 50.1 Å². The van der Waals surface area contributed by atoms with Crippen LogP contribution in [0.25, 0.3) is 11.4 Å². The Bertz CT molecular complexity index is 961. The zero-order valence-electron chi connectivity index (χ0n) is 18.1. The number of rotatable bonds is 9. The number of carbonyl (C=O) groups is 1. The summed E-state index contributed by atoms with van der Waals surface area (Å²) in [4.78, 5) is 16.9. The summed E-state index contributed by atoms with van der Waals surface area (Å²) in [6, 6.07) is 3.47. The first-order chi connectivity index (χ1) is 14.6. The van der Waals surface area contributed by atoms with Crippen LogP contribution < -0.4 is 22.1 Å². The van der Waals surface area contributed by atoms with Gasteiger partial charge in [0.05, 0.1) is 29.1 Å². The standard InChI is InChI=1S/C21H30FN7O2/c1-13(2)27-17-9-19(29-8-6-16(28-29)14(10-24)5-7-23)25-11-15(17)20(30)26-12-18(22)21(3,4)31/h5-11,13,18,31H,12,23-24H2,1-4H3,(H,25,27)(H,26,30)/b7-5-,14-10+. The average Bonchev–Trinajstić information content (AvgIpc) is 3.18. The second-order valence-corrected chi connectivity index (χ2v) is 7.85. The van der Waals surface area contributed by atoms with Gasteiger partial charge in [-0.1, -0.05) is 0 Å². The van der Waals surface area contributed by atoms with E-state index in [2.05, 4.69) is 20.7 Å². The Balaban J connectivity index is 2.31. The third-order valence-corrected chi connectivity index (χ3v) is 4.36. The van der Waals surface area contributed by atoms with Gasteiger partial charge in [0.2, 0.25) is 0 Å². The first-order valence-electron chi connectivity index (χ1n) is 9.84. The van der Waals surface area contributed by atoms with E-state index in [-0.39, 0.29) is 18.2 Å². The predicted molar refractivity (Wildman–Crippen MR) is 119 cm³/mol. The highest BCUT2D eigenvalue weighted by molar-refractivity contribution is 5.99. The summed E-state index contributed by atoms with van der Waals surface area (Å²) in [6.07, 6.45) is 5.89. The van der Waals surface area contributed by atoms with Crippen molar-refractivity contribution in [1.82, 2.24) is 20.1 Å². The molecule has 0 aliphatic carbocycles. The van der Waals surface area contributed by atoms with Gasteiger partial charge in [-0.2, -0.15) is 5.10 Å². The van der Waals surface area contributed by atoms with Crippen LogP contribution in [0.1, 0.15) is 43.7 Å². The van der Waals surface area contributed by atoms with E-state index >= 15 is 0 Å². The van der Waals surface area contributed by atoms with Gasteiger partial charge < -0.3 is 27.2 Å². The minimum absolute atomic E-state index is 0.0294. The largest absolute Gasteiger partial charge is 0.405 e. The van der Waals surface area contributed by atoms with E-state index in [1.165, 1.54) is 32.4 Å². The smallest absolute Gasteiger partial charge is 0.255 e. The number of aromatic nitrogens is 3. The lowest BCUT2D eigenvalue weighted by molar-refractivity contribution is -0.00177. The van der Waals surface area contributed by atoms with Crippen LogP contribution in [-0.2, 0) is 0 Å². The van der Waals surface area contributed by atoms with Crippen LogP contribution in [0, 0.1) is 0 Å². The maximum absolute atomic E-state index is 14.0. The molecule has 1 atom stereocenters. The van der Waals surface area contributed by atoms with Crippen molar-refractivity contribution in [3.8, 4) is 5.82 Å². The number of alkyl halides is 1. The van der Waals surface area contributed by atoms with Crippen molar-refractivity contribution in [1.29, 1.82) is 0 Å². The normalized spacial score (nSPS) is 13.6. The molecule has 0 saturated carbocycles. The average molecular weight is 432 g/mol. The molecule has 0 bridgehead atoms. The van der Waals surface area contributed by atoms with Crippen LogP contribution in [0.2, 0.25) is 0 Å². The number of aliphatic hydroxyl groups is 1. The molecule has 2 rings (SSSR count). The first kappa shape index (κ1) is 23.9. The first-order valence-corrected chi connectivity index (χ1v) is 9.84. The summed E-state index contributed by atoms with van der Waals surface area (Å²) in [5.74, 6) is -0.0319. The van der Waals surface area contributed by atoms with E-state index < -0.39 is 17.7 Å². The van der Waals surface area contributed by atoms with Crippen molar-refractivity contribution in [2.75, 3.05) is 11.9 Å². The molecule has 1 amide bonds. The van der Waals surface area contributed by atoms with Gasteiger partial charge in [-0.25, -0.2) is 14.1 Å². The molecule has 1 unspecified atom stereocenters. The maximum Gasteiger partial charge on any atom is 0.255 e. The molecule has 2 aromatic rings. The highest BCUT2D eigenvalue weighted by Crippen LogP contribution is 2.21. The molecule has 10 heteroatoms. The molecule has 0 fully saturated rings. The third kappa shape index (κ3) is 6.29. The van der Waals surface area contributed by atoms with Gasteiger partial charge in [0.25, 0.3) is 5.91 Å². The number of pyridine rings is 1. The quantitative estimate of drug-likeness (QED) is 0.380. The number of anilines is 1. The van der Waals surface area contributed by atoms with Gasteiger partial charge in [0, 0.05) is 36.3 Å². The zero-order valence-corrected chi connectivity index (χ0v) is 18.1. The fourth-order valence-corrected chi connectivity index (χ4v) is 2.64. The van der Waals surface area contributed by atoms with E-state index in [9.17, 15) is 14.3 Å². The Morgan fingerprint density at radius 2 is 2.10 bits per heavy atom. The van der Waals surface area contributed by atoms with Crippen LogP contribution in [0.5, 0.6) is 0 Å². The molecule has 7 N–H and O–H groups in total. The fourth-order valence-electron chi connectivity index (χ4n) is 2.64. The highest BCUT2D eigenvalue weighted by Gasteiger charge is 2.27. The molecular weight excluding hydrogens is 401 g/mol. The highest BCUT2D eigenvalue weighted by atomic mass is 19.1. The molecule has 0 aromatic carbocycles. The molecule has 2 aromatic heterocycles. The van der Waals surface area contributed by atoms with Gasteiger partial charge >= 0.3 is 0 Å². The van der Waals surface area contributed by atoms with Gasteiger partial charge in [0.1, 0.15) is 6.17 Å².